The van der Waals surface area contributed by atoms with Gasteiger partial charge in [-0.3, -0.25) is 4.90 Å². The number of ether oxygens (including phenoxy) is 3. The lowest BCUT2D eigenvalue weighted by Gasteiger charge is -2.36. The molecule has 0 fully saturated rings. The molecule has 9 heteroatoms. The Morgan fingerprint density at radius 2 is 1.69 bits per heavy atom. The van der Waals surface area contributed by atoms with Crippen LogP contribution >= 0.6 is 0 Å². The normalized spacial score (nSPS) is 15.3. The number of carbonyl (C=O) groups excluding carboxylic acids is 3. The number of nitrogens with two attached hydrogens (primary N) is 1. The zero-order valence-electron chi connectivity index (χ0n) is 20.3. The number of hydrogen-bond donors (Lipinski definition) is 1. The van der Waals surface area contributed by atoms with E-state index in [0.29, 0.717) is 5.56 Å². The maximum Gasteiger partial charge on any atom is 0.355 e. The second-order valence-electron chi connectivity index (χ2n) is 7.88. The van der Waals surface area contributed by atoms with E-state index in [4.69, 9.17) is 19.9 Å². The third-order valence-corrected chi connectivity index (χ3v) is 5.68. The number of methoxy groups -OCH3 is 2. The van der Waals surface area contributed by atoms with Crippen molar-refractivity contribution in [3.8, 4) is 6.07 Å². The van der Waals surface area contributed by atoms with Crippen molar-refractivity contribution in [2.45, 2.75) is 25.7 Å². The zero-order chi connectivity index (χ0) is 26.2. The van der Waals surface area contributed by atoms with Crippen molar-refractivity contribution in [2.75, 3.05) is 25.7 Å². The predicted octanol–water partition coefficient (Wildman–Crippen LogP) is 3.54. The highest BCUT2D eigenvalue weighted by atomic mass is 16.5. The number of hydrogen-bond acceptors (Lipinski definition) is 9. The Morgan fingerprint density at radius 1 is 1.00 bits per heavy atom. The lowest BCUT2D eigenvalue weighted by atomic mass is 9.81. The van der Waals surface area contributed by atoms with Gasteiger partial charge in [-0.2, -0.15) is 5.26 Å². The Hall–Kier alpha value is -4.58. The Kier molecular flexibility index (Phi) is 8.47. The number of anilines is 1. The smallest absolute Gasteiger partial charge is 0.355 e. The molecule has 2 aromatic rings. The van der Waals surface area contributed by atoms with Gasteiger partial charge in [0.2, 0.25) is 0 Å². The molecular weight excluding hydrogens is 462 g/mol. The van der Waals surface area contributed by atoms with Crippen molar-refractivity contribution >= 4 is 23.6 Å². The van der Waals surface area contributed by atoms with Crippen LogP contribution in [0.1, 0.15) is 41.6 Å². The number of nitriles is 1. The fourth-order valence-electron chi connectivity index (χ4n) is 3.95. The van der Waals surface area contributed by atoms with Gasteiger partial charge in [0, 0.05) is 5.69 Å². The van der Waals surface area contributed by atoms with Gasteiger partial charge in [-0.05, 0) is 30.2 Å². The van der Waals surface area contributed by atoms with Crippen LogP contribution in [-0.2, 0) is 23.8 Å². The van der Waals surface area contributed by atoms with Crippen molar-refractivity contribution in [3.63, 3.8) is 0 Å². The van der Waals surface area contributed by atoms with Gasteiger partial charge in [0.15, 0.2) is 0 Å². The van der Waals surface area contributed by atoms with E-state index in [-0.39, 0.29) is 40.5 Å². The van der Waals surface area contributed by atoms with Crippen LogP contribution in [0.25, 0.3) is 0 Å². The molecule has 0 saturated carbocycles. The first-order valence-electron chi connectivity index (χ1n) is 11.3. The summed E-state index contributed by atoms with van der Waals surface area (Å²) in [7, 11) is 2.35. The fraction of sp³-hybridized carbons (Fsp3) is 0.259. The van der Waals surface area contributed by atoms with Crippen LogP contribution in [0.4, 0.5) is 5.69 Å². The quantitative estimate of drug-likeness (QED) is 0.336. The predicted molar refractivity (Wildman–Crippen MR) is 131 cm³/mol. The summed E-state index contributed by atoms with van der Waals surface area (Å²) in [5, 5.41) is 10.1. The molecule has 9 nitrogen and oxygen atoms in total. The van der Waals surface area contributed by atoms with Crippen LogP contribution < -0.4 is 10.6 Å². The first kappa shape index (κ1) is 26.0. The molecular formula is C27H27N3O6. The van der Waals surface area contributed by atoms with Crippen LogP contribution in [0.2, 0.25) is 0 Å². The van der Waals surface area contributed by atoms with Crippen molar-refractivity contribution < 1.29 is 28.6 Å². The molecule has 2 N–H and O–H groups in total. The molecule has 1 aliphatic heterocycles. The Labute approximate surface area is 209 Å². The van der Waals surface area contributed by atoms with Crippen molar-refractivity contribution in [2.24, 2.45) is 5.73 Å². The molecule has 2 aromatic carbocycles. The minimum atomic E-state index is -0.976. The lowest BCUT2D eigenvalue weighted by molar-refractivity contribution is -0.139. The molecule has 0 aliphatic carbocycles. The third-order valence-electron chi connectivity index (χ3n) is 5.68. The van der Waals surface area contributed by atoms with E-state index in [0.717, 1.165) is 12.8 Å². The summed E-state index contributed by atoms with van der Waals surface area (Å²) in [4.78, 5) is 40.0. The Morgan fingerprint density at radius 3 is 2.31 bits per heavy atom. The van der Waals surface area contributed by atoms with Gasteiger partial charge in [0.1, 0.15) is 11.5 Å². The number of nitrogens with zero attached hydrogens (tertiary/aromatic N) is 2. The van der Waals surface area contributed by atoms with Gasteiger partial charge in [-0.1, -0.05) is 49.7 Å². The summed E-state index contributed by atoms with van der Waals surface area (Å²) >= 11 is 0. The SMILES string of the molecule is CCCCOC(=O)c1cccc(N2C(N)=C(C#N)C(c3ccccc3)C(C(=O)OC)=C2C(=O)OC)c1. The summed E-state index contributed by atoms with van der Waals surface area (Å²) < 4.78 is 15.3. The number of benzene rings is 2. The van der Waals surface area contributed by atoms with Crippen LogP contribution in [-0.4, -0.2) is 38.7 Å². The van der Waals surface area contributed by atoms with E-state index in [1.807, 2.05) is 6.92 Å². The zero-order valence-corrected chi connectivity index (χ0v) is 20.3. The van der Waals surface area contributed by atoms with E-state index >= 15 is 0 Å². The average molecular weight is 490 g/mol. The van der Waals surface area contributed by atoms with Gasteiger partial charge in [0.25, 0.3) is 0 Å². The third kappa shape index (κ3) is 5.08. The van der Waals surface area contributed by atoms with Crippen molar-refractivity contribution in [1.82, 2.24) is 0 Å². The first-order valence-corrected chi connectivity index (χ1v) is 11.3. The molecule has 0 radical (unpaired) electrons. The van der Waals surface area contributed by atoms with E-state index in [1.54, 1.807) is 48.5 Å². The topological polar surface area (TPSA) is 132 Å². The van der Waals surface area contributed by atoms with Gasteiger partial charge in [0.05, 0.1) is 49.5 Å². The number of unbranched alkanes of at least 4 members (excludes halogenated alkanes) is 1. The van der Waals surface area contributed by atoms with E-state index in [2.05, 4.69) is 6.07 Å². The molecule has 1 heterocycles. The van der Waals surface area contributed by atoms with Gasteiger partial charge >= 0.3 is 17.9 Å². The highest BCUT2D eigenvalue weighted by molar-refractivity contribution is 6.06. The van der Waals surface area contributed by atoms with Crippen LogP contribution in [0, 0.1) is 11.3 Å². The number of esters is 3. The Balaban J connectivity index is 2.26. The minimum absolute atomic E-state index is 0.0326. The standard InChI is InChI=1S/C27H27N3O6/c1-4-5-14-36-25(31)18-12-9-13-19(15-18)30-23(27(33)35-3)22(26(32)34-2)21(20(16-28)24(30)29)17-10-7-6-8-11-17/h6-13,15,21H,4-5,14,29H2,1-3H3. The largest absolute Gasteiger partial charge is 0.466 e. The fourth-order valence-corrected chi connectivity index (χ4v) is 3.95. The summed E-state index contributed by atoms with van der Waals surface area (Å²) in [6.45, 7) is 2.25. The highest BCUT2D eigenvalue weighted by Crippen LogP contribution is 2.43. The molecule has 0 amide bonds. The molecule has 36 heavy (non-hydrogen) atoms. The van der Waals surface area contributed by atoms with Crippen LogP contribution in [0.15, 0.2) is 77.3 Å². The Bertz CT molecular complexity index is 1260. The molecule has 186 valence electrons. The molecule has 1 unspecified atom stereocenters. The van der Waals surface area contributed by atoms with E-state index < -0.39 is 23.8 Å². The van der Waals surface area contributed by atoms with Gasteiger partial charge < -0.3 is 19.9 Å². The molecule has 0 spiro atoms. The highest BCUT2D eigenvalue weighted by Gasteiger charge is 2.43. The second kappa shape index (κ2) is 11.7. The maximum absolute atomic E-state index is 13.1. The maximum atomic E-state index is 13.1. The second-order valence-corrected chi connectivity index (χ2v) is 7.88. The average Bonchev–Trinajstić information content (AvgIpc) is 2.91. The molecule has 0 bridgehead atoms. The van der Waals surface area contributed by atoms with E-state index in [9.17, 15) is 19.6 Å². The lowest BCUT2D eigenvalue weighted by Crippen LogP contribution is -2.40. The summed E-state index contributed by atoms with van der Waals surface area (Å²) in [6.07, 6.45) is 1.59. The summed E-state index contributed by atoms with van der Waals surface area (Å²) in [5.41, 5.74) is 7.22. The van der Waals surface area contributed by atoms with Crippen molar-refractivity contribution in [3.05, 3.63) is 88.4 Å². The molecule has 3 rings (SSSR count). The van der Waals surface area contributed by atoms with Gasteiger partial charge in [-0.25, -0.2) is 14.4 Å². The summed E-state index contributed by atoms with van der Waals surface area (Å²) in [6, 6.07) is 17.0. The first-order chi connectivity index (χ1) is 17.4. The summed E-state index contributed by atoms with van der Waals surface area (Å²) in [5.74, 6) is -3.31. The number of allylic oxidation sites excluding steroid dienone is 1. The van der Waals surface area contributed by atoms with Crippen molar-refractivity contribution in [1.29, 1.82) is 5.26 Å². The van der Waals surface area contributed by atoms with Crippen LogP contribution in [0.3, 0.4) is 0 Å². The van der Waals surface area contributed by atoms with E-state index in [1.165, 1.54) is 25.2 Å². The molecule has 1 atom stereocenters. The number of rotatable bonds is 8. The minimum Gasteiger partial charge on any atom is -0.466 e. The molecule has 0 aromatic heterocycles. The van der Waals surface area contributed by atoms with Crippen LogP contribution in [0.5, 0.6) is 0 Å². The molecule has 0 saturated heterocycles. The number of carbonyl (C=O) groups is 3. The monoisotopic (exact) mass is 489 g/mol. The molecule has 1 aliphatic rings. The van der Waals surface area contributed by atoms with Gasteiger partial charge in [-0.15, -0.1) is 0 Å².